The van der Waals surface area contributed by atoms with E-state index in [2.05, 4.69) is 5.32 Å². The van der Waals surface area contributed by atoms with Crippen molar-refractivity contribution in [3.8, 4) is 11.5 Å². The third kappa shape index (κ3) is 7.70. The molecule has 0 bridgehead atoms. The van der Waals surface area contributed by atoms with Gasteiger partial charge in [0.2, 0.25) is 0 Å². The molecule has 2 amide bonds. The van der Waals surface area contributed by atoms with Gasteiger partial charge < -0.3 is 19.9 Å². The highest BCUT2D eigenvalue weighted by Gasteiger charge is 2.32. The van der Waals surface area contributed by atoms with Crippen molar-refractivity contribution in [2.75, 3.05) is 25.1 Å². The number of ether oxygens (including phenoxy) is 2. The fourth-order valence-electron chi connectivity index (χ4n) is 3.17. The van der Waals surface area contributed by atoms with Crippen LogP contribution in [0.1, 0.15) is 24.5 Å². The Kier molecular flexibility index (Phi) is 9.16. The molecular weight excluding hydrogens is 533 g/mol. The average Bonchev–Trinajstić information content (AvgIpc) is 3.09. The van der Waals surface area contributed by atoms with Crippen LogP contribution in [0.25, 0.3) is 6.08 Å². The molecule has 3 rings (SSSR count). The van der Waals surface area contributed by atoms with Crippen molar-refractivity contribution in [1.29, 1.82) is 0 Å². The summed E-state index contributed by atoms with van der Waals surface area (Å²) < 4.78 is 50.0. The maximum atomic E-state index is 12.9. The Morgan fingerprint density at radius 2 is 1.92 bits per heavy atom. The van der Waals surface area contributed by atoms with E-state index in [0.717, 1.165) is 23.9 Å². The first-order valence-electron chi connectivity index (χ1n) is 10.8. The fraction of sp³-hybridized carbons (Fsp3) is 0.250. The van der Waals surface area contributed by atoms with Gasteiger partial charge in [0.25, 0.3) is 11.8 Å². The number of thioether (sulfide) groups is 1. The van der Waals surface area contributed by atoms with Crippen LogP contribution in [0, 0.1) is 0 Å². The Hall–Kier alpha value is -3.58. The first-order valence-corrected chi connectivity index (χ1v) is 12.0. The van der Waals surface area contributed by atoms with Crippen molar-refractivity contribution in [2.45, 2.75) is 19.5 Å². The number of hydrogen-bond acceptors (Lipinski definition) is 7. The van der Waals surface area contributed by atoms with E-state index in [1.807, 2.05) is 0 Å². The predicted octanol–water partition coefficient (Wildman–Crippen LogP) is 4.80. The summed E-state index contributed by atoms with van der Waals surface area (Å²) in [4.78, 5) is 37.2. The minimum Gasteiger partial charge on any atom is -0.490 e. The number of rotatable bonds is 10. The first kappa shape index (κ1) is 28.0. The molecule has 2 N–H and O–H groups in total. The summed E-state index contributed by atoms with van der Waals surface area (Å²) >= 11 is 6.23. The standard InChI is InChI=1S/C24H21F3N2O6S2/c1-2-34-18-10-14(11-19-22(33)29(23(36)37-19)9-8-21(31)32)6-7-17(18)35-13-20(30)28-16-5-3-4-15(12-16)24(25,26)27/h3-7,10-12H,2,8-9,13H2,1H3,(H,28,30)(H,31,32)/b19-11-. The number of benzene rings is 2. The van der Waals surface area contributed by atoms with Crippen LogP contribution in [-0.4, -0.2) is 51.9 Å². The fourth-order valence-corrected chi connectivity index (χ4v) is 4.48. The average molecular weight is 555 g/mol. The molecule has 1 fully saturated rings. The number of carboxylic acids is 1. The smallest absolute Gasteiger partial charge is 0.416 e. The van der Waals surface area contributed by atoms with E-state index in [9.17, 15) is 27.6 Å². The molecule has 0 aliphatic carbocycles. The molecule has 37 heavy (non-hydrogen) atoms. The zero-order chi connectivity index (χ0) is 27.2. The number of nitrogens with one attached hydrogen (secondary N) is 1. The molecule has 1 aliphatic rings. The molecule has 1 aliphatic heterocycles. The van der Waals surface area contributed by atoms with Crippen LogP contribution in [0.15, 0.2) is 47.4 Å². The van der Waals surface area contributed by atoms with Gasteiger partial charge in [0.15, 0.2) is 18.1 Å². The van der Waals surface area contributed by atoms with Crippen molar-refractivity contribution in [3.63, 3.8) is 0 Å². The second kappa shape index (κ2) is 12.1. The molecule has 0 saturated carbocycles. The van der Waals surface area contributed by atoms with E-state index >= 15 is 0 Å². The van der Waals surface area contributed by atoms with Gasteiger partial charge in [0.05, 0.1) is 23.5 Å². The number of aliphatic carboxylic acids is 1. The van der Waals surface area contributed by atoms with E-state index in [1.165, 1.54) is 23.1 Å². The Bertz CT molecular complexity index is 1250. The van der Waals surface area contributed by atoms with E-state index in [1.54, 1.807) is 25.1 Å². The van der Waals surface area contributed by atoms with Gasteiger partial charge in [-0.1, -0.05) is 36.1 Å². The number of alkyl halides is 3. The maximum Gasteiger partial charge on any atom is 0.416 e. The highest BCUT2D eigenvalue weighted by atomic mass is 32.2. The normalized spacial score (nSPS) is 14.7. The largest absolute Gasteiger partial charge is 0.490 e. The summed E-state index contributed by atoms with van der Waals surface area (Å²) in [6, 6.07) is 8.97. The summed E-state index contributed by atoms with van der Waals surface area (Å²) in [6.07, 6.45) is -3.20. The molecule has 0 unspecified atom stereocenters. The number of halogens is 3. The van der Waals surface area contributed by atoms with Gasteiger partial charge in [-0.2, -0.15) is 13.2 Å². The summed E-state index contributed by atoms with van der Waals surface area (Å²) in [5.41, 5.74) is -0.341. The lowest BCUT2D eigenvalue weighted by Gasteiger charge is -2.13. The quantitative estimate of drug-likeness (QED) is 0.319. The van der Waals surface area contributed by atoms with Gasteiger partial charge in [0.1, 0.15) is 4.32 Å². The molecular formula is C24H21F3N2O6S2. The minimum atomic E-state index is -4.54. The van der Waals surface area contributed by atoms with Crippen LogP contribution in [0.4, 0.5) is 18.9 Å². The Morgan fingerprint density at radius 1 is 1.16 bits per heavy atom. The second-order valence-corrected chi connectivity index (χ2v) is 9.21. The SMILES string of the molecule is CCOc1cc(/C=C2\SC(=S)N(CCC(=O)O)C2=O)ccc1OCC(=O)Nc1cccc(C(F)(F)F)c1. The van der Waals surface area contributed by atoms with Gasteiger partial charge in [-0.15, -0.1) is 0 Å². The molecule has 0 atom stereocenters. The summed E-state index contributed by atoms with van der Waals surface area (Å²) in [5, 5.41) is 11.2. The van der Waals surface area contributed by atoms with Crippen LogP contribution in [0.2, 0.25) is 0 Å². The van der Waals surface area contributed by atoms with Crippen LogP contribution in [-0.2, 0) is 20.6 Å². The van der Waals surface area contributed by atoms with E-state index in [4.69, 9.17) is 26.8 Å². The third-order valence-corrected chi connectivity index (χ3v) is 6.20. The molecule has 1 saturated heterocycles. The first-order chi connectivity index (χ1) is 17.5. The minimum absolute atomic E-state index is 0.0236. The lowest BCUT2D eigenvalue weighted by molar-refractivity contribution is -0.138. The predicted molar refractivity (Wildman–Crippen MR) is 135 cm³/mol. The summed E-state index contributed by atoms with van der Waals surface area (Å²) in [6.45, 7) is 1.49. The number of thiocarbonyl (C=S) groups is 1. The zero-order valence-electron chi connectivity index (χ0n) is 19.3. The van der Waals surface area contributed by atoms with Crippen molar-refractivity contribution in [3.05, 3.63) is 58.5 Å². The Morgan fingerprint density at radius 3 is 2.59 bits per heavy atom. The summed E-state index contributed by atoms with van der Waals surface area (Å²) in [7, 11) is 0. The van der Waals surface area contributed by atoms with Crippen molar-refractivity contribution >= 4 is 57.8 Å². The van der Waals surface area contributed by atoms with Crippen LogP contribution in [0.5, 0.6) is 11.5 Å². The van der Waals surface area contributed by atoms with Gasteiger partial charge in [-0.05, 0) is 48.9 Å². The van der Waals surface area contributed by atoms with Crippen molar-refractivity contribution in [2.24, 2.45) is 0 Å². The molecule has 1 heterocycles. The Labute approximate surface area is 219 Å². The van der Waals surface area contributed by atoms with Crippen molar-refractivity contribution < 1.29 is 42.1 Å². The van der Waals surface area contributed by atoms with E-state index < -0.39 is 36.1 Å². The van der Waals surface area contributed by atoms with Gasteiger partial charge in [-0.3, -0.25) is 19.3 Å². The molecule has 196 valence electrons. The molecule has 0 spiro atoms. The number of carbonyl (C=O) groups excluding carboxylic acids is 2. The van der Waals surface area contributed by atoms with Crippen LogP contribution >= 0.6 is 24.0 Å². The monoisotopic (exact) mass is 554 g/mol. The number of carboxylic acid groups (broad SMARTS) is 1. The number of carbonyl (C=O) groups is 3. The van der Waals surface area contributed by atoms with Gasteiger partial charge >= 0.3 is 12.1 Å². The molecule has 13 heteroatoms. The molecule has 0 radical (unpaired) electrons. The summed E-state index contributed by atoms with van der Waals surface area (Å²) in [5.74, 6) is -1.62. The highest BCUT2D eigenvalue weighted by molar-refractivity contribution is 8.26. The van der Waals surface area contributed by atoms with E-state index in [0.29, 0.717) is 10.5 Å². The molecule has 2 aromatic carbocycles. The van der Waals surface area contributed by atoms with Crippen molar-refractivity contribution in [1.82, 2.24) is 4.90 Å². The van der Waals surface area contributed by atoms with E-state index in [-0.39, 0.29) is 41.1 Å². The molecule has 2 aromatic rings. The van der Waals surface area contributed by atoms with Gasteiger partial charge in [-0.25, -0.2) is 0 Å². The lowest BCUT2D eigenvalue weighted by Crippen LogP contribution is -2.30. The third-order valence-electron chi connectivity index (χ3n) is 4.82. The zero-order valence-corrected chi connectivity index (χ0v) is 21.0. The molecule has 0 aromatic heterocycles. The number of hydrogen-bond donors (Lipinski definition) is 2. The highest BCUT2D eigenvalue weighted by Crippen LogP contribution is 2.35. The number of amides is 2. The van der Waals surface area contributed by atoms with Crippen LogP contribution in [0.3, 0.4) is 0 Å². The second-order valence-electron chi connectivity index (χ2n) is 7.53. The topological polar surface area (TPSA) is 105 Å². The van der Waals surface area contributed by atoms with Crippen LogP contribution < -0.4 is 14.8 Å². The maximum absolute atomic E-state index is 12.9. The molecule has 8 nitrogen and oxygen atoms in total. The Balaban J connectivity index is 1.68. The van der Waals surface area contributed by atoms with Gasteiger partial charge in [0, 0.05) is 12.2 Å². The lowest BCUT2D eigenvalue weighted by atomic mass is 10.2. The number of anilines is 1. The number of nitrogens with zero attached hydrogens (tertiary/aromatic N) is 1.